The Morgan fingerprint density at radius 2 is 0.923 bits per heavy atom. The van der Waals surface area contributed by atoms with Crippen LogP contribution in [0.5, 0.6) is 0 Å². The quantitative estimate of drug-likeness (QED) is 0.252. The summed E-state index contributed by atoms with van der Waals surface area (Å²) in [6.45, 7) is 0. The van der Waals surface area contributed by atoms with Crippen molar-refractivity contribution in [3.63, 3.8) is 0 Å². The molecule has 9 nitrogen and oxygen atoms in total. The summed E-state index contributed by atoms with van der Waals surface area (Å²) in [5.41, 5.74) is 0. The van der Waals surface area contributed by atoms with Crippen molar-refractivity contribution in [3.8, 4) is 0 Å². The van der Waals surface area contributed by atoms with Crippen LogP contribution in [0.1, 0.15) is 0 Å². The van der Waals surface area contributed by atoms with Gasteiger partial charge < -0.3 is 31.9 Å². The molecular formula is H12K2N2O7P2. The Kier molecular flexibility index (Phi) is 27.5. The molecule has 0 heterocycles. The molecule has 0 atom stereocenters. The zero-order chi connectivity index (χ0) is 7.71. The molecule has 0 bridgehead atoms. The molecule has 13 heteroatoms. The van der Waals surface area contributed by atoms with Crippen LogP contribution in [0.3, 0.4) is 0 Å². The summed E-state index contributed by atoms with van der Waals surface area (Å²) in [6.07, 6.45) is 0. The van der Waals surface area contributed by atoms with Crippen molar-refractivity contribution in [1.29, 1.82) is 0 Å². The molecule has 0 amide bonds. The van der Waals surface area contributed by atoms with E-state index in [0.717, 1.165) is 0 Å². The zero-order valence-corrected chi connectivity index (χ0v) is 7.11. The molecule has 13 heavy (non-hydrogen) atoms. The van der Waals surface area contributed by atoms with Gasteiger partial charge in [-0.05, 0) is 0 Å². The first kappa shape index (κ1) is 30.0. The first-order valence-corrected chi connectivity index (χ1v) is 4.59. The second-order valence-corrected chi connectivity index (χ2v) is 3.68. The molecule has 0 aromatic rings. The zero-order valence-electron chi connectivity index (χ0n) is 5.32. The van der Waals surface area contributed by atoms with E-state index in [1.807, 2.05) is 0 Å². The molecule has 0 aliphatic heterocycles. The Bertz CT molecular complexity index is 163. The van der Waals surface area contributed by atoms with E-state index in [9.17, 15) is 9.13 Å². The molecule has 76 valence electrons. The SMILES string of the molecule is N.N.O=P(O)(O)OP(=O)(O)O.[KH].[KH]. The minimum atomic E-state index is -5.05. The maximum absolute atomic E-state index is 9.63. The van der Waals surface area contributed by atoms with Gasteiger partial charge in [0.25, 0.3) is 0 Å². The maximum atomic E-state index is 9.63. The topological polar surface area (TPSA) is 194 Å². The van der Waals surface area contributed by atoms with Gasteiger partial charge in [0.2, 0.25) is 0 Å². The van der Waals surface area contributed by atoms with Gasteiger partial charge in [-0.3, -0.25) is 0 Å². The Morgan fingerprint density at radius 3 is 0.923 bits per heavy atom. The van der Waals surface area contributed by atoms with Crippen LogP contribution < -0.4 is 12.3 Å². The fraction of sp³-hybridized carbons (Fsp3) is 0. The van der Waals surface area contributed by atoms with Crippen LogP contribution in [-0.2, 0) is 13.4 Å². The minimum absolute atomic E-state index is 0. The third-order valence-corrected chi connectivity index (χ3v) is 1.91. The monoisotopic (exact) mass is 292 g/mol. The summed E-state index contributed by atoms with van der Waals surface area (Å²) in [5, 5.41) is 0. The second kappa shape index (κ2) is 11.9. The molecule has 0 aliphatic carbocycles. The van der Waals surface area contributed by atoms with Crippen LogP contribution in [0.2, 0.25) is 0 Å². The van der Waals surface area contributed by atoms with Gasteiger partial charge in [0.05, 0.1) is 0 Å². The number of phosphoric acid groups is 2. The standard InChI is InChI=1S/2K.2H3N.H4O7P2.2H/c;;;;1-8(2,3)7-9(4,5)6;;/h;;2*1H3;(H2,1,2,3)(H2,4,5,6);;. The summed E-state index contributed by atoms with van der Waals surface area (Å²) in [6, 6.07) is 0. The molecule has 0 rings (SSSR count). The number of rotatable bonds is 2. The number of hydrogen-bond donors (Lipinski definition) is 6. The van der Waals surface area contributed by atoms with Crippen molar-refractivity contribution in [3.05, 3.63) is 0 Å². The van der Waals surface area contributed by atoms with E-state index < -0.39 is 15.6 Å². The van der Waals surface area contributed by atoms with Crippen molar-refractivity contribution in [2.24, 2.45) is 0 Å². The van der Waals surface area contributed by atoms with Gasteiger partial charge in [0.15, 0.2) is 0 Å². The van der Waals surface area contributed by atoms with E-state index in [2.05, 4.69) is 4.31 Å². The molecule has 0 unspecified atom stereocenters. The van der Waals surface area contributed by atoms with Crippen molar-refractivity contribution in [2.75, 3.05) is 0 Å². The molecule has 0 fully saturated rings. The van der Waals surface area contributed by atoms with Gasteiger partial charge in [-0.15, -0.1) is 0 Å². The van der Waals surface area contributed by atoms with E-state index in [1.54, 1.807) is 0 Å². The van der Waals surface area contributed by atoms with Crippen LogP contribution in [0.15, 0.2) is 0 Å². The molecule has 0 aliphatic rings. The Hall–Kier alpha value is 3.45. The van der Waals surface area contributed by atoms with Gasteiger partial charge in [0.1, 0.15) is 0 Å². The first-order valence-electron chi connectivity index (χ1n) is 1.53. The van der Waals surface area contributed by atoms with Gasteiger partial charge in [-0.2, -0.15) is 4.31 Å². The van der Waals surface area contributed by atoms with E-state index in [0.29, 0.717) is 0 Å². The van der Waals surface area contributed by atoms with Gasteiger partial charge in [-0.25, -0.2) is 9.13 Å². The summed E-state index contributed by atoms with van der Waals surface area (Å²) < 4.78 is 22.2. The van der Waals surface area contributed by atoms with Gasteiger partial charge in [-0.1, -0.05) is 0 Å². The predicted molar refractivity (Wildman–Crippen MR) is 49.5 cm³/mol. The Labute approximate surface area is 160 Å². The molecule has 0 saturated carbocycles. The van der Waals surface area contributed by atoms with Crippen molar-refractivity contribution < 1.29 is 33.0 Å². The van der Waals surface area contributed by atoms with E-state index in [-0.39, 0.29) is 115 Å². The molecular weight excluding hydrogens is 280 g/mol. The summed E-state index contributed by atoms with van der Waals surface area (Å²) in [4.78, 5) is 31.0. The van der Waals surface area contributed by atoms with Crippen molar-refractivity contribution in [1.82, 2.24) is 12.3 Å². The predicted octanol–water partition coefficient (Wildman–Crippen LogP) is -1.78. The van der Waals surface area contributed by atoms with E-state index >= 15 is 0 Å². The molecule has 0 aromatic carbocycles. The fourth-order valence-corrected chi connectivity index (χ4v) is 1.25. The van der Waals surface area contributed by atoms with Crippen LogP contribution in [0.4, 0.5) is 0 Å². The molecule has 0 saturated heterocycles. The van der Waals surface area contributed by atoms with Gasteiger partial charge in [0, 0.05) is 0 Å². The molecule has 0 radical (unpaired) electrons. The third kappa shape index (κ3) is 31.3. The summed E-state index contributed by atoms with van der Waals surface area (Å²) in [5.74, 6) is 0. The first-order chi connectivity index (χ1) is 3.71. The van der Waals surface area contributed by atoms with Crippen molar-refractivity contribution >= 4 is 118 Å². The van der Waals surface area contributed by atoms with Crippen LogP contribution in [0.25, 0.3) is 0 Å². The summed E-state index contributed by atoms with van der Waals surface area (Å²) >= 11 is 0. The summed E-state index contributed by atoms with van der Waals surface area (Å²) in [7, 11) is -10.1. The van der Waals surface area contributed by atoms with Crippen LogP contribution >= 0.6 is 15.6 Å². The number of hydrogen-bond acceptors (Lipinski definition) is 5. The fourth-order valence-electron chi connectivity index (χ4n) is 0.139. The Balaban J connectivity index is -0.0000000533. The molecule has 0 aromatic heterocycles. The van der Waals surface area contributed by atoms with Crippen LogP contribution in [-0.4, -0.2) is 122 Å². The van der Waals surface area contributed by atoms with E-state index in [1.165, 1.54) is 0 Å². The Morgan fingerprint density at radius 1 is 0.769 bits per heavy atom. The van der Waals surface area contributed by atoms with Crippen LogP contribution in [0, 0.1) is 0 Å². The van der Waals surface area contributed by atoms with Crippen molar-refractivity contribution in [2.45, 2.75) is 0 Å². The molecule has 0 spiro atoms. The average Bonchev–Trinajstić information content (AvgIpc) is 1.14. The average molecular weight is 292 g/mol. The van der Waals surface area contributed by atoms with Gasteiger partial charge >= 0.3 is 118 Å². The normalized spacial score (nSPS) is 9.54. The molecule has 10 N–H and O–H groups in total. The second-order valence-electron chi connectivity index (χ2n) is 1.06. The van der Waals surface area contributed by atoms with E-state index in [4.69, 9.17) is 19.6 Å². The third-order valence-electron chi connectivity index (χ3n) is 0.213.